The molecule has 0 unspecified atom stereocenters. The molecule has 1 aliphatic rings. The SMILES string of the molecule is CCCNC(=NC)NCC1(c2ccccc2OC)CCCC1.I. The zero-order chi connectivity index (χ0) is 15.8. The summed E-state index contributed by atoms with van der Waals surface area (Å²) in [7, 11) is 3.59. The standard InChI is InChI=1S/C18H29N3O.HI/c1-4-13-20-17(19-2)21-14-18(11-7-8-12-18)15-9-5-6-10-16(15)22-3;/h5-6,9-10H,4,7-8,11-14H2,1-3H3,(H2,19,20,21);1H. The fourth-order valence-electron chi connectivity index (χ4n) is 3.39. The Morgan fingerprint density at radius 1 is 1.22 bits per heavy atom. The van der Waals surface area contributed by atoms with Crippen LogP contribution in [-0.2, 0) is 5.41 Å². The van der Waals surface area contributed by atoms with Gasteiger partial charge in [-0.2, -0.15) is 0 Å². The minimum Gasteiger partial charge on any atom is -0.496 e. The van der Waals surface area contributed by atoms with E-state index in [4.69, 9.17) is 4.74 Å². The molecule has 0 bridgehead atoms. The summed E-state index contributed by atoms with van der Waals surface area (Å²) in [4.78, 5) is 4.32. The first kappa shape index (κ1) is 20.1. The molecule has 2 rings (SSSR count). The highest BCUT2D eigenvalue weighted by atomic mass is 127. The van der Waals surface area contributed by atoms with E-state index in [1.807, 2.05) is 13.1 Å². The Kier molecular flexibility index (Phi) is 8.73. The van der Waals surface area contributed by atoms with E-state index >= 15 is 0 Å². The highest BCUT2D eigenvalue weighted by Gasteiger charge is 2.37. The Labute approximate surface area is 157 Å². The van der Waals surface area contributed by atoms with Gasteiger partial charge in [-0.15, -0.1) is 24.0 Å². The van der Waals surface area contributed by atoms with Crippen molar-refractivity contribution in [1.82, 2.24) is 10.6 Å². The Balaban J connectivity index is 0.00000264. The average molecular weight is 431 g/mol. The minimum absolute atomic E-state index is 0. The Morgan fingerprint density at radius 3 is 2.52 bits per heavy atom. The lowest BCUT2D eigenvalue weighted by atomic mass is 9.78. The van der Waals surface area contributed by atoms with Gasteiger partial charge in [-0.3, -0.25) is 4.99 Å². The van der Waals surface area contributed by atoms with Gasteiger partial charge in [-0.1, -0.05) is 38.0 Å². The maximum absolute atomic E-state index is 5.61. The Bertz CT molecular complexity index is 499. The third-order valence-corrected chi connectivity index (χ3v) is 4.60. The third-order valence-electron chi connectivity index (χ3n) is 4.60. The molecule has 1 saturated carbocycles. The van der Waals surface area contributed by atoms with E-state index < -0.39 is 0 Å². The topological polar surface area (TPSA) is 45.7 Å². The summed E-state index contributed by atoms with van der Waals surface area (Å²) in [5, 5.41) is 6.87. The van der Waals surface area contributed by atoms with E-state index in [1.54, 1.807) is 7.11 Å². The van der Waals surface area contributed by atoms with E-state index in [0.717, 1.165) is 31.2 Å². The molecule has 0 spiro atoms. The largest absolute Gasteiger partial charge is 0.496 e. The first-order valence-corrected chi connectivity index (χ1v) is 8.34. The molecule has 23 heavy (non-hydrogen) atoms. The van der Waals surface area contributed by atoms with Crippen molar-refractivity contribution in [2.45, 2.75) is 44.4 Å². The van der Waals surface area contributed by atoms with Gasteiger partial charge in [0.25, 0.3) is 0 Å². The fourth-order valence-corrected chi connectivity index (χ4v) is 3.39. The summed E-state index contributed by atoms with van der Waals surface area (Å²) in [6, 6.07) is 8.44. The number of para-hydroxylation sites is 1. The molecule has 1 aromatic carbocycles. The zero-order valence-corrected chi connectivity index (χ0v) is 16.9. The minimum atomic E-state index is 0. The molecule has 1 aliphatic carbocycles. The van der Waals surface area contributed by atoms with Crippen molar-refractivity contribution in [3.8, 4) is 5.75 Å². The first-order chi connectivity index (χ1) is 10.8. The van der Waals surface area contributed by atoms with Crippen molar-refractivity contribution in [2.75, 3.05) is 27.2 Å². The number of benzene rings is 1. The molecule has 0 aromatic heterocycles. The number of nitrogens with zero attached hydrogens (tertiary/aromatic N) is 1. The number of methoxy groups -OCH3 is 1. The number of rotatable bonds is 6. The second kappa shape index (κ2) is 10.0. The molecule has 0 saturated heterocycles. The molecule has 5 heteroatoms. The maximum atomic E-state index is 5.61. The van der Waals surface area contributed by atoms with E-state index in [2.05, 4.69) is 40.7 Å². The lowest BCUT2D eigenvalue weighted by Crippen LogP contribution is -2.45. The summed E-state index contributed by atoms with van der Waals surface area (Å²) in [6.07, 6.45) is 6.05. The number of guanidine groups is 1. The Hall–Kier alpha value is -0.980. The van der Waals surface area contributed by atoms with Crippen LogP contribution in [0.2, 0.25) is 0 Å². The number of nitrogens with one attached hydrogen (secondary N) is 2. The molecule has 2 N–H and O–H groups in total. The third kappa shape index (κ3) is 4.99. The lowest BCUT2D eigenvalue weighted by Gasteiger charge is -2.32. The first-order valence-electron chi connectivity index (χ1n) is 8.34. The number of hydrogen-bond donors (Lipinski definition) is 2. The van der Waals surface area contributed by atoms with Crippen LogP contribution in [0.15, 0.2) is 29.3 Å². The average Bonchev–Trinajstić information content (AvgIpc) is 3.05. The molecule has 0 amide bonds. The molecule has 0 heterocycles. The number of hydrogen-bond acceptors (Lipinski definition) is 2. The molecule has 1 fully saturated rings. The van der Waals surface area contributed by atoms with Crippen molar-refractivity contribution in [1.29, 1.82) is 0 Å². The second-order valence-electron chi connectivity index (χ2n) is 6.04. The van der Waals surface area contributed by atoms with Crippen LogP contribution in [0.25, 0.3) is 0 Å². The van der Waals surface area contributed by atoms with Crippen molar-refractivity contribution in [3.63, 3.8) is 0 Å². The summed E-state index contributed by atoms with van der Waals surface area (Å²) >= 11 is 0. The normalized spacial score (nSPS) is 16.6. The summed E-state index contributed by atoms with van der Waals surface area (Å²) in [5.41, 5.74) is 1.48. The Morgan fingerprint density at radius 2 is 1.91 bits per heavy atom. The molecule has 0 aliphatic heterocycles. The van der Waals surface area contributed by atoms with Crippen LogP contribution in [0.5, 0.6) is 5.75 Å². The molecule has 4 nitrogen and oxygen atoms in total. The van der Waals surface area contributed by atoms with E-state index in [-0.39, 0.29) is 29.4 Å². The molecule has 130 valence electrons. The maximum Gasteiger partial charge on any atom is 0.191 e. The van der Waals surface area contributed by atoms with Crippen LogP contribution in [0, 0.1) is 0 Å². The van der Waals surface area contributed by atoms with Gasteiger partial charge in [-0.05, 0) is 25.3 Å². The second-order valence-corrected chi connectivity index (χ2v) is 6.04. The van der Waals surface area contributed by atoms with Gasteiger partial charge in [0.1, 0.15) is 5.75 Å². The van der Waals surface area contributed by atoms with Gasteiger partial charge in [0.2, 0.25) is 0 Å². The van der Waals surface area contributed by atoms with Gasteiger partial charge in [0.05, 0.1) is 7.11 Å². The van der Waals surface area contributed by atoms with Crippen molar-refractivity contribution < 1.29 is 4.74 Å². The van der Waals surface area contributed by atoms with Crippen LogP contribution < -0.4 is 15.4 Å². The predicted octanol–water partition coefficient (Wildman–Crippen LogP) is 3.70. The van der Waals surface area contributed by atoms with Gasteiger partial charge >= 0.3 is 0 Å². The number of halogens is 1. The highest BCUT2D eigenvalue weighted by Crippen LogP contribution is 2.44. The van der Waals surface area contributed by atoms with E-state index in [9.17, 15) is 0 Å². The van der Waals surface area contributed by atoms with Crippen LogP contribution in [-0.4, -0.2) is 33.2 Å². The molecular weight excluding hydrogens is 401 g/mol. The monoisotopic (exact) mass is 431 g/mol. The van der Waals surface area contributed by atoms with Crippen LogP contribution >= 0.6 is 24.0 Å². The van der Waals surface area contributed by atoms with Gasteiger partial charge in [0.15, 0.2) is 5.96 Å². The predicted molar refractivity (Wildman–Crippen MR) is 108 cm³/mol. The molecule has 1 aromatic rings. The van der Waals surface area contributed by atoms with Crippen molar-refractivity contribution >= 4 is 29.9 Å². The summed E-state index contributed by atoms with van der Waals surface area (Å²) in [6.45, 7) is 4.01. The molecular formula is C18H30IN3O. The van der Waals surface area contributed by atoms with Gasteiger partial charge in [-0.25, -0.2) is 0 Å². The zero-order valence-electron chi connectivity index (χ0n) is 14.5. The van der Waals surface area contributed by atoms with E-state index in [1.165, 1.54) is 31.2 Å². The fraction of sp³-hybridized carbons (Fsp3) is 0.611. The van der Waals surface area contributed by atoms with Crippen LogP contribution in [0.3, 0.4) is 0 Å². The number of ether oxygens (including phenoxy) is 1. The van der Waals surface area contributed by atoms with Crippen molar-refractivity contribution in [3.05, 3.63) is 29.8 Å². The van der Waals surface area contributed by atoms with Gasteiger partial charge < -0.3 is 15.4 Å². The van der Waals surface area contributed by atoms with Gasteiger partial charge in [0, 0.05) is 31.1 Å². The highest BCUT2D eigenvalue weighted by molar-refractivity contribution is 14.0. The quantitative estimate of drug-likeness (QED) is 0.410. The smallest absolute Gasteiger partial charge is 0.191 e. The molecule has 0 radical (unpaired) electrons. The summed E-state index contributed by atoms with van der Waals surface area (Å²) in [5.74, 6) is 1.89. The molecule has 0 atom stereocenters. The van der Waals surface area contributed by atoms with Crippen molar-refractivity contribution in [2.24, 2.45) is 4.99 Å². The van der Waals surface area contributed by atoms with Crippen LogP contribution in [0.4, 0.5) is 0 Å². The lowest BCUT2D eigenvalue weighted by molar-refractivity contribution is 0.371. The summed E-state index contributed by atoms with van der Waals surface area (Å²) < 4.78 is 5.61. The number of aliphatic imine (C=N–C) groups is 1. The van der Waals surface area contributed by atoms with E-state index in [0.29, 0.717) is 0 Å². The van der Waals surface area contributed by atoms with Crippen LogP contribution in [0.1, 0.15) is 44.6 Å².